The monoisotopic (exact) mass is 481 g/mol. The average molecular weight is 482 g/mol. The molecule has 1 fully saturated rings. The fourth-order valence-corrected chi connectivity index (χ4v) is 4.26. The molecule has 11 heteroatoms. The van der Waals surface area contributed by atoms with Crippen LogP contribution in [0.1, 0.15) is 18.5 Å². The predicted octanol–water partition coefficient (Wildman–Crippen LogP) is 2.13. The van der Waals surface area contributed by atoms with Crippen molar-refractivity contribution in [3.05, 3.63) is 64.2 Å². The predicted molar refractivity (Wildman–Crippen MR) is 128 cm³/mol. The third-order valence-electron chi connectivity index (χ3n) is 6.07. The number of piperazine rings is 1. The summed E-state index contributed by atoms with van der Waals surface area (Å²) in [4.78, 5) is 45.3. The summed E-state index contributed by atoms with van der Waals surface area (Å²) >= 11 is 0. The van der Waals surface area contributed by atoms with Crippen molar-refractivity contribution < 1.29 is 24.0 Å². The number of methoxy groups -OCH3 is 1. The van der Waals surface area contributed by atoms with Crippen LogP contribution in [0.3, 0.4) is 0 Å². The summed E-state index contributed by atoms with van der Waals surface area (Å²) in [7, 11) is 1.63. The molecule has 2 atom stereocenters. The van der Waals surface area contributed by atoms with Gasteiger partial charge < -0.3 is 19.3 Å². The summed E-state index contributed by atoms with van der Waals surface area (Å²) in [6.07, 6.45) is 0. The van der Waals surface area contributed by atoms with E-state index in [4.69, 9.17) is 9.47 Å². The van der Waals surface area contributed by atoms with E-state index < -0.39 is 28.8 Å². The Bertz CT molecular complexity index is 1130. The van der Waals surface area contributed by atoms with Crippen LogP contribution >= 0.6 is 0 Å². The second-order valence-corrected chi connectivity index (χ2v) is 8.14. The van der Waals surface area contributed by atoms with Crippen LogP contribution in [0.2, 0.25) is 0 Å². The van der Waals surface area contributed by atoms with Crippen LogP contribution in [0.15, 0.2) is 53.5 Å². The summed E-state index contributed by atoms with van der Waals surface area (Å²) in [6.45, 7) is 4.34. The van der Waals surface area contributed by atoms with E-state index in [-0.39, 0.29) is 12.3 Å². The average Bonchev–Trinajstić information content (AvgIpc) is 2.88. The number of guanidine groups is 1. The Labute approximate surface area is 202 Å². The highest BCUT2D eigenvalue weighted by atomic mass is 16.6. The molecule has 4 rings (SSSR count). The summed E-state index contributed by atoms with van der Waals surface area (Å²) in [5.74, 6) is -1.35. The van der Waals surface area contributed by atoms with Gasteiger partial charge in [-0.1, -0.05) is 12.1 Å². The molecule has 184 valence electrons. The molecule has 2 aliphatic rings. The number of nitrogens with zero attached hydrogens (tertiary/aromatic N) is 4. The minimum absolute atomic E-state index is 0.105. The Hall–Kier alpha value is -4.15. The molecule has 2 heterocycles. The topological polar surface area (TPSA) is 127 Å². The molecule has 0 radical (unpaired) electrons. The molecular weight excluding hydrogens is 454 g/mol. The number of anilines is 1. The van der Waals surface area contributed by atoms with Gasteiger partial charge in [0.15, 0.2) is 5.92 Å². The molecule has 1 amide bonds. The lowest BCUT2D eigenvalue weighted by Gasteiger charge is -2.39. The highest BCUT2D eigenvalue weighted by Crippen LogP contribution is 2.33. The molecule has 0 aliphatic carbocycles. The van der Waals surface area contributed by atoms with E-state index >= 15 is 0 Å². The van der Waals surface area contributed by atoms with E-state index in [2.05, 4.69) is 15.2 Å². The van der Waals surface area contributed by atoms with Crippen molar-refractivity contribution in [2.45, 2.75) is 13.0 Å². The molecule has 0 saturated carbocycles. The molecule has 11 nitrogen and oxygen atoms in total. The van der Waals surface area contributed by atoms with Crippen molar-refractivity contribution in [3.8, 4) is 5.75 Å². The van der Waals surface area contributed by atoms with Crippen molar-refractivity contribution in [2.75, 3.05) is 44.8 Å². The van der Waals surface area contributed by atoms with Gasteiger partial charge in [0.2, 0.25) is 11.9 Å². The number of rotatable bonds is 6. The number of nitrogens with one attached hydrogen (secondary N) is 1. The molecule has 0 aromatic heterocycles. The van der Waals surface area contributed by atoms with Gasteiger partial charge in [-0.2, -0.15) is 0 Å². The summed E-state index contributed by atoms with van der Waals surface area (Å²) in [5.41, 5.74) is 1.33. The minimum Gasteiger partial charge on any atom is -0.497 e. The lowest BCUT2D eigenvalue weighted by molar-refractivity contribution is -0.384. The Kier molecular flexibility index (Phi) is 7.14. The summed E-state index contributed by atoms with van der Waals surface area (Å²) in [5, 5.41) is 14.0. The summed E-state index contributed by atoms with van der Waals surface area (Å²) in [6, 6.07) is 12.7. The van der Waals surface area contributed by atoms with Gasteiger partial charge in [0.05, 0.1) is 18.6 Å². The number of carbonyl (C=O) groups is 2. The molecule has 35 heavy (non-hydrogen) atoms. The fraction of sp³-hybridized carbons (Fsp3) is 0.375. The molecule has 2 aromatic rings. The van der Waals surface area contributed by atoms with Gasteiger partial charge in [0.1, 0.15) is 11.8 Å². The number of nitro benzene ring substituents is 1. The Morgan fingerprint density at radius 2 is 1.83 bits per heavy atom. The number of aliphatic imine (C=N–C) groups is 1. The van der Waals surface area contributed by atoms with Gasteiger partial charge >= 0.3 is 5.97 Å². The lowest BCUT2D eigenvalue weighted by Crippen LogP contribution is -2.57. The van der Waals surface area contributed by atoms with E-state index in [0.717, 1.165) is 11.4 Å². The van der Waals surface area contributed by atoms with Crippen LogP contribution in [0.5, 0.6) is 5.75 Å². The molecule has 0 spiro atoms. The maximum atomic E-state index is 13.0. The van der Waals surface area contributed by atoms with Gasteiger partial charge in [0, 0.05) is 44.0 Å². The van der Waals surface area contributed by atoms with E-state index in [0.29, 0.717) is 37.7 Å². The molecule has 2 aliphatic heterocycles. The number of esters is 1. The summed E-state index contributed by atoms with van der Waals surface area (Å²) < 4.78 is 10.3. The zero-order valence-electron chi connectivity index (χ0n) is 19.5. The molecule has 1 saturated heterocycles. The van der Waals surface area contributed by atoms with Crippen LogP contribution in [0.25, 0.3) is 0 Å². The normalized spacial score (nSPS) is 20.1. The van der Waals surface area contributed by atoms with Gasteiger partial charge in [0.25, 0.3) is 5.69 Å². The van der Waals surface area contributed by atoms with Gasteiger partial charge in [-0.25, -0.2) is 4.99 Å². The van der Waals surface area contributed by atoms with Crippen molar-refractivity contribution in [3.63, 3.8) is 0 Å². The number of hydrogen-bond acceptors (Lipinski definition) is 9. The number of nitro groups is 1. The van der Waals surface area contributed by atoms with Crippen LogP contribution in [-0.4, -0.2) is 67.6 Å². The van der Waals surface area contributed by atoms with Crippen molar-refractivity contribution in [2.24, 2.45) is 10.9 Å². The second-order valence-electron chi connectivity index (χ2n) is 8.14. The molecule has 2 aromatic carbocycles. The number of benzene rings is 2. The maximum Gasteiger partial charge on any atom is 0.321 e. The Balaban J connectivity index is 1.57. The Morgan fingerprint density at radius 3 is 2.46 bits per heavy atom. The second kappa shape index (κ2) is 10.4. The van der Waals surface area contributed by atoms with Crippen molar-refractivity contribution in [1.29, 1.82) is 0 Å². The number of hydrogen-bond donors (Lipinski definition) is 1. The third-order valence-corrected chi connectivity index (χ3v) is 6.07. The van der Waals surface area contributed by atoms with Crippen LogP contribution in [0.4, 0.5) is 11.4 Å². The van der Waals surface area contributed by atoms with Crippen LogP contribution in [-0.2, 0) is 14.3 Å². The zero-order valence-corrected chi connectivity index (χ0v) is 19.5. The van der Waals surface area contributed by atoms with Crippen molar-refractivity contribution in [1.82, 2.24) is 10.2 Å². The number of carbonyl (C=O) groups excluding carboxylic acids is 2. The Morgan fingerprint density at radius 1 is 1.14 bits per heavy atom. The first-order chi connectivity index (χ1) is 16.9. The highest BCUT2D eigenvalue weighted by Gasteiger charge is 2.42. The smallest absolute Gasteiger partial charge is 0.321 e. The van der Waals surface area contributed by atoms with Gasteiger partial charge in [-0.05, 0) is 36.8 Å². The van der Waals surface area contributed by atoms with E-state index in [1.807, 2.05) is 29.2 Å². The first kappa shape index (κ1) is 24.0. The SMILES string of the molecule is CCOC(=O)[C@H]1C(=O)NC(N2CCN(c3ccc(OC)cc3)CC2)=N[C@@H]1c1cccc([N+](=O)[O-])c1. The number of amides is 1. The van der Waals surface area contributed by atoms with E-state index in [9.17, 15) is 19.7 Å². The van der Waals surface area contributed by atoms with Crippen LogP contribution < -0.4 is 15.0 Å². The van der Waals surface area contributed by atoms with Crippen LogP contribution in [0, 0.1) is 16.0 Å². The van der Waals surface area contributed by atoms with E-state index in [1.165, 1.54) is 18.2 Å². The highest BCUT2D eigenvalue weighted by molar-refractivity contribution is 6.08. The molecule has 0 bridgehead atoms. The van der Waals surface area contributed by atoms with Crippen molar-refractivity contribution >= 4 is 29.2 Å². The number of non-ortho nitro benzene ring substituents is 1. The van der Waals surface area contributed by atoms with E-state index in [1.54, 1.807) is 20.1 Å². The minimum atomic E-state index is -1.23. The quantitative estimate of drug-likeness (QED) is 0.288. The standard InChI is InChI=1S/C24H27N5O6/c1-3-35-23(31)20-21(16-5-4-6-18(15-16)29(32)33)25-24(26-22(20)30)28-13-11-27(12-14-28)17-7-9-19(34-2)10-8-17/h4-10,15,20-21H,3,11-14H2,1-2H3,(H,25,26,30)/t20-,21-/m1/s1. The number of ether oxygens (including phenoxy) is 2. The van der Waals surface area contributed by atoms with Gasteiger partial charge in [-0.3, -0.25) is 25.0 Å². The molecular formula is C24H27N5O6. The maximum absolute atomic E-state index is 13.0. The third kappa shape index (κ3) is 5.18. The first-order valence-corrected chi connectivity index (χ1v) is 11.3. The molecule has 0 unspecified atom stereocenters. The lowest BCUT2D eigenvalue weighted by atomic mass is 9.91. The largest absolute Gasteiger partial charge is 0.497 e. The van der Waals surface area contributed by atoms with Gasteiger partial charge in [-0.15, -0.1) is 0 Å². The first-order valence-electron chi connectivity index (χ1n) is 11.3. The molecule has 1 N–H and O–H groups in total. The fourth-order valence-electron chi connectivity index (χ4n) is 4.26. The zero-order chi connectivity index (χ0) is 24.9.